The van der Waals surface area contributed by atoms with E-state index < -0.39 is 11.7 Å². The number of halogens is 1. The molecule has 0 saturated heterocycles. The molecule has 0 spiro atoms. The minimum atomic E-state index is -0.715. The number of carbonyl (C=O) groups is 2. The van der Waals surface area contributed by atoms with Gasteiger partial charge in [-0.1, -0.05) is 30.7 Å². The highest BCUT2D eigenvalue weighted by molar-refractivity contribution is 6.34. The van der Waals surface area contributed by atoms with Gasteiger partial charge in [-0.05, 0) is 32.9 Å². The summed E-state index contributed by atoms with van der Waals surface area (Å²) in [5.74, 6) is -0.359. The summed E-state index contributed by atoms with van der Waals surface area (Å²) < 4.78 is 5.24. The van der Waals surface area contributed by atoms with Gasteiger partial charge in [0, 0.05) is 6.42 Å². The van der Waals surface area contributed by atoms with Crippen LogP contribution in [0.2, 0.25) is 5.02 Å². The Kier molecular flexibility index (Phi) is 4.95. The van der Waals surface area contributed by atoms with Crippen LogP contribution in [0.5, 0.6) is 0 Å². The molecule has 1 aromatic carbocycles. The number of rotatable bonds is 2. The second-order valence-electron chi connectivity index (χ2n) is 5.01. The van der Waals surface area contributed by atoms with E-state index in [4.69, 9.17) is 16.3 Å². The van der Waals surface area contributed by atoms with Crippen molar-refractivity contribution in [1.82, 2.24) is 0 Å². The zero-order chi connectivity index (χ0) is 14.6. The lowest BCUT2D eigenvalue weighted by molar-refractivity contribution is -0.118. The van der Waals surface area contributed by atoms with Gasteiger partial charge in [-0.2, -0.15) is 0 Å². The van der Waals surface area contributed by atoms with Crippen LogP contribution in [0.3, 0.4) is 0 Å². The lowest BCUT2D eigenvalue weighted by Crippen LogP contribution is -2.40. The van der Waals surface area contributed by atoms with E-state index in [1.54, 1.807) is 52.0 Å². The van der Waals surface area contributed by atoms with Gasteiger partial charge < -0.3 is 4.74 Å². The number of amides is 2. The van der Waals surface area contributed by atoms with Crippen molar-refractivity contribution in [2.45, 2.75) is 39.7 Å². The third-order valence-electron chi connectivity index (χ3n) is 2.22. The molecule has 19 heavy (non-hydrogen) atoms. The number of hydrogen-bond donors (Lipinski definition) is 0. The summed E-state index contributed by atoms with van der Waals surface area (Å²) in [6.45, 7) is 6.90. The van der Waals surface area contributed by atoms with Crippen molar-refractivity contribution in [1.29, 1.82) is 0 Å². The van der Waals surface area contributed by atoms with Crippen molar-refractivity contribution in [3.8, 4) is 0 Å². The summed E-state index contributed by atoms with van der Waals surface area (Å²) in [6, 6.07) is 6.67. The first-order valence-electron chi connectivity index (χ1n) is 6.06. The molecule has 0 aliphatic heterocycles. The van der Waals surface area contributed by atoms with Crippen molar-refractivity contribution in [2.24, 2.45) is 0 Å². The Labute approximate surface area is 118 Å². The molecule has 5 heteroatoms. The van der Waals surface area contributed by atoms with E-state index in [-0.39, 0.29) is 12.3 Å². The summed E-state index contributed by atoms with van der Waals surface area (Å²) >= 11 is 6.03. The van der Waals surface area contributed by atoms with E-state index in [2.05, 4.69) is 0 Å². The molecule has 0 saturated carbocycles. The summed E-state index contributed by atoms with van der Waals surface area (Å²) in [6.07, 6.45) is -0.530. The van der Waals surface area contributed by atoms with Crippen LogP contribution in [0, 0.1) is 0 Å². The fourth-order valence-electron chi connectivity index (χ4n) is 1.43. The van der Waals surface area contributed by atoms with Crippen LogP contribution in [0.15, 0.2) is 24.3 Å². The van der Waals surface area contributed by atoms with Crippen LogP contribution in [-0.4, -0.2) is 17.6 Å². The van der Waals surface area contributed by atoms with Gasteiger partial charge in [-0.3, -0.25) is 4.79 Å². The molecule has 0 fully saturated rings. The summed E-state index contributed by atoms with van der Waals surface area (Å²) in [5.41, 5.74) is -0.338. The molecular formula is C14H18ClNO3. The van der Waals surface area contributed by atoms with Crippen LogP contribution < -0.4 is 4.90 Å². The molecule has 1 rings (SSSR count). The molecule has 1 aromatic rings. The smallest absolute Gasteiger partial charge is 0.421 e. The van der Waals surface area contributed by atoms with E-state index in [1.165, 1.54) is 0 Å². The summed E-state index contributed by atoms with van der Waals surface area (Å²) in [7, 11) is 0. The van der Waals surface area contributed by atoms with Crippen LogP contribution in [0.1, 0.15) is 34.1 Å². The third-order valence-corrected chi connectivity index (χ3v) is 2.54. The average molecular weight is 284 g/mol. The van der Waals surface area contributed by atoms with Gasteiger partial charge in [-0.15, -0.1) is 0 Å². The number of para-hydroxylation sites is 1. The van der Waals surface area contributed by atoms with E-state index in [9.17, 15) is 9.59 Å². The van der Waals surface area contributed by atoms with E-state index in [0.29, 0.717) is 10.7 Å². The largest absolute Gasteiger partial charge is 0.443 e. The molecule has 4 nitrogen and oxygen atoms in total. The van der Waals surface area contributed by atoms with Crippen molar-refractivity contribution in [3.63, 3.8) is 0 Å². The van der Waals surface area contributed by atoms with Crippen molar-refractivity contribution < 1.29 is 14.3 Å². The zero-order valence-electron chi connectivity index (χ0n) is 11.6. The van der Waals surface area contributed by atoms with Gasteiger partial charge in [-0.25, -0.2) is 9.69 Å². The van der Waals surface area contributed by atoms with Gasteiger partial charge in [0.2, 0.25) is 5.91 Å². The number of benzene rings is 1. The normalized spacial score (nSPS) is 11.0. The topological polar surface area (TPSA) is 46.6 Å². The highest BCUT2D eigenvalue weighted by Crippen LogP contribution is 2.27. The van der Waals surface area contributed by atoms with Crippen LogP contribution >= 0.6 is 11.6 Å². The molecule has 104 valence electrons. The minimum absolute atomic E-state index is 0.185. The number of hydrogen-bond acceptors (Lipinski definition) is 3. The summed E-state index contributed by atoms with van der Waals surface area (Å²) in [4.78, 5) is 25.1. The Morgan fingerprint density at radius 2 is 1.84 bits per heavy atom. The Morgan fingerprint density at radius 1 is 1.26 bits per heavy atom. The Balaban J connectivity index is 3.13. The predicted octanol–water partition coefficient (Wildman–Crippen LogP) is 4.02. The minimum Gasteiger partial charge on any atom is -0.443 e. The van der Waals surface area contributed by atoms with Gasteiger partial charge in [0.25, 0.3) is 0 Å². The zero-order valence-corrected chi connectivity index (χ0v) is 12.3. The van der Waals surface area contributed by atoms with Gasteiger partial charge in [0.15, 0.2) is 0 Å². The molecule has 0 aliphatic rings. The number of ether oxygens (including phenoxy) is 1. The van der Waals surface area contributed by atoms with Crippen LogP contribution in [-0.2, 0) is 9.53 Å². The highest BCUT2D eigenvalue weighted by Gasteiger charge is 2.28. The standard InChI is InChI=1S/C14H18ClNO3/c1-5-12(17)16(13(18)19-14(2,3)4)11-9-7-6-8-10(11)15/h6-9H,5H2,1-4H3. The monoisotopic (exact) mass is 283 g/mol. The number of carbonyl (C=O) groups excluding carboxylic acids is 2. The first-order chi connectivity index (χ1) is 8.76. The molecule has 2 amide bonds. The molecule has 0 N–H and O–H groups in total. The predicted molar refractivity (Wildman–Crippen MR) is 75.5 cm³/mol. The Morgan fingerprint density at radius 3 is 2.32 bits per heavy atom. The maximum atomic E-state index is 12.1. The second-order valence-corrected chi connectivity index (χ2v) is 5.42. The van der Waals surface area contributed by atoms with Crippen LogP contribution in [0.4, 0.5) is 10.5 Å². The van der Waals surface area contributed by atoms with Crippen molar-refractivity contribution in [2.75, 3.05) is 4.90 Å². The number of imide groups is 1. The molecule has 0 atom stereocenters. The Bertz CT molecular complexity index is 480. The Hall–Kier alpha value is -1.55. The van der Waals surface area contributed by atoms with Gasteiger partial charge >= 0.3 is 6.09 Å². The van der Waals surface area contributed by atoms with Crippen molar-refractivity contribution in [3.05, 3.63) is 29.3 Å². The SMILES string of the molecule is CCC(=O)N(C(=O)OC(C)(C)C)c1ccccc1Cl. The molecular weight excluding hydrogens is 266 g/mol. The van der Waals surface area contributed by atoms with E-state index >= 15 is 0 Å². The van der Waals surface area contributed by atoms with Crippen molar-refractivity contribution >= 4 is 29.3 Å². The quantitative estimate of drug-likeness (QED) is 0.823. The summed E-state index contributed by atoms with van der Waals surface area (Å²) in [5, 5.41) is 0.329. The van der Waals surface area contributed by atoms with Crippen LogP contribution in [0.25, 0.3) is 0 Å². The fourth-order valence-corrected chi connectivity index (χ4v) is 1.65. The van der Waals surface area contributed by atoms with E-state index in [1.807, 2.05) is 0 Å². The maximum absolute atomic E-state index is 12.1. The maximum Gasteiger partial charge on any atom is 0.421 e. The first-order valence-corrected chi connectivity index (χ1v) is 6.44. The molecule has 0 radical (unpaired) electrons. The lowest BCUT2D eigenvalue weighted by atomic mass is 10.2. The lowest BCUT2D eigenvalue weighted by Gasteiger charge is -2.26. The third kappa shape index (κ3) is 4.24. The second kappa shape index (κ2) is 6.06. The first kappa shape index (κ1) is 15.5. The van der Waals surface area contributed by atoms with E-state index in [0.717, 1.165) is 4.90 Å². The molecule has 0 bridgehead atoms. The highest BCUT2D eigenvalue weighted by atomic mass is 35.5. The average Bonchev–Trinajstić information content (AvgIpc) is 2.29. The number of anilines is 1. The molecule has 0 unspecified atom stereocenters. The molecule has 0 aromatic heterocycles. The van der Waals surface area contributed by atoms with Gasteiger partial charge in [0.05, 0.1) is 10.7 Å². The fraction of sp³-hybridized carbons (Fsp3) is 0.429. The molecule has 0 heterocycles. The van der Waals surface area contributed by atoms with Gasteiger partial charge in [0.1, 0.15) is 5.60 Å². The molecule has 0 aliphatic carbocycles. The number of nitrogens with zero attached hydrogens (tertiary/aromatic N) is 1.